The summed E-state index contributed by atoms with van der Waals surface area (Å²) in [6.45, 7) is 4.37. The van der Waals surface area contributed by atoms with Crippen LogP contribution in [0.3, 0.4) is 0 Å². The van der Waals surface area contributed by atoms with Gasteiger partial charge in [-0.05, 0) is 31.5 Å². The van der Waals surface area contributed by atoms with Crippen molar-refractivity contribution in [1.82, 2.24) is 5.32 Å². The second kappa shape index (κ2) is 6.84. The third kappa shape index (κ3) is 5.39. The average molecular weight is 275 g/mol. The van der Waals surface area contributed by atoms with Crippen molar-refractivity contribution in [3.63, 3.8) is 0 Å². The van der Waals surface area contributed by atoms with Gasteiger partial charge in [-0.25, -0.2) is 0 Å². The van der Waals surface area contributed by atoms with Crippen LogP contribution in [0.4, 0.5) is 5.69 Å². The fourth-order valence-corrected chi connectivity index (χ4v) is 1.77. The number of amides is 1. The first-order chi connectivity index (χ1) is 8.01. The van der Waals surface area contributed by atoms with E-state index in [1.165, 1.54) is 0 Å². The summed E-state index contributed by atoms with van der Waals surface area (Å²) in [5.41, 5.74) is 0.610. The van der Waals surface area contributed by atoms with Gasteiger partial charge >= 0.3 is 0 Å². The van der Waals surface area contributed by atoms with Crippen molar-refractivity contribution >= 4 is 34.8 Å². The van der Waals surface area contributed by atoms with E-state index in [1.54, 1.807) is 18.2 Å². The lowest BCUT2D eigenvalue weighted by Crippen LogP contribution is -2.33. The lowest BCUT2D eigenvalue weighted by Gasteiger charge is -2.11. The highest BCUT2D eigenvalue weighted by Crippen LogP contribution is 2.22. The second-order valence-electron chi connectivity index (χ2n) is 3.90. The zero-order valence-corrected chi connectivity index (χ0v) is 11.4. The molecule has 2 N–H and O–H groups in total. The van der Waals surface area contributed by atoms with E-state index >= 15 is 0 Å². The number of benzene rings is 1. The van der Waals surface area contributed by atoms with Crippen LogP contribution in [0.25, 0.3) is 0 Å². The molecule has 3 nitrogen and oxygen atoms in total. The first kappa shape index (κ1) is 14.3. The molecule has 94 valence electrons. The highest BCUT2D eigenvalue weighted by Gasteiger charge is 2.05. The van der Waals surface area contributed by atoms with E-state index in [-0.39, 0.29) is 12.5 Å². The van der Waals surface area contributed by atoms with Crippen LogP contribution in [-0.4, -0.2) is 18.5 Å². The predicted octanol–water partition coefficient (Wildman–Crippen LogP) is 3.32. The highest BCUT2D eigenvalue weighted by molar-refractivity contribution is 6.35. The first-order valence-corrected chi connectivity index (χ1v) is 6.26. The topological polar surface area (TPSA) is 41.1 Å². The van der Waals surface area contributed by atoms with Gasteiger partial charge in [0.2, 0.25) is 5.91 Å². The minimum atomic E-state index is -0.108. The maximum absolute atomic E-state index is 11.6. The molecule has 1 unspecified atom stereocenters. The summed E-state index contributed by atoms with van der Waals surface area (Å²) in [6, 6.07) is 5.27. The number of halogens is 2. The van der Waals surface area contributed by atoms with Gasteiger partial charge in [0, 0.05) is 21.8 Å². The fourth-order valence-electron chi connectivity index (χ4n) is 1.24. The van der Waals surface area contributed by atoms with E-state index < -0.39 is 0 Å². The first-order valence-electron chi connectivity index (χ1n) is 5.50. The van der Waals surface area contributed by atoms with Crippen LogP contribution in [0.5, 0.6) is 0 Å². The van der Waals surface area contributed by atoms with Crippen LogP contribution >= 0.6 is 23.2 Å². The van der Waals surface area contributed by atoms with Crippen molar-refractivity contribution in [3.05, 3.63) is 28.2 Å². The Balaban J connectivity index is 2.50. The molecular formula is C12H16Cl2N2O. The molecule has 0 saturated heterocycles. The summed E-state index contributed by atoms with van der Waals surface area (Å²) in [5.74, 6) is -0.108. The monoisotopic (exact) mass is 274 g/mol. The van der Waals surface area contributed by atoms with Gasteiger partial charge in [0.05, 0.1) is 6.54 Å². The van der Waals surface area contributed by atoms with Crippen LogP contribution in [-0.2, 0) is 4.79 Å². The molecule has 0 fully saturated rings. The Morgan fingerprint density at radius 3 is 2.41 bits per heavy atom. The third-order valence-electron chi connectivity index (χ3n) is 2.37. The van der Waals surface area contributed by atoms with E-state index in [4.69, 9.17) is 23.2 Å². The second-order valence-corrected chi connectivity index (χ2v) is 4.77. The van der Waals surface area contributed by atoms with E-state index in [0.29, 0.717) is 21.8 Å². The maximum atomic E-state index is 11.6. The number of nitrogens with one attached hydrogen (secondary N) is 2. The smallest absolute Gasteiger partial charge is 0.238 e. The van der Waals surface area contributed by atoms with Gasteiger partial charge in [0.25, 0.3) is 0 Å². The summed E-state index contributed by atoms with van der Waals surface area (Å²) >= 11 is 11.7. The zero-order chi connectivity index (χ0) is 12.8. The molecule has 1 atom stereocenters. The van der Waals surface area contributed by atoms with Crippen LogP contribution in [0.2, 0.25) is 10.0 Å². The van der Waals surface area contributed by atoms with E-state index in [9.17, 15) is 4.79 Å². The Hall–Kier alpha value is -0.770. The molecule has 0 radical (unpaired) electrons. The maximum Gasteiger partial charge on any atom is 0.238 e. The number of hydrogen-bond donors (Lipinski definition) is 2. The zero-order valence-electron chi connectivity index (χ0n) is 9.89. The van der Waals surface area contributed by atoms with Gasteiger partial charge in [0.1, 0.15) is 0 Å². The molecule has 17 heavy (non-hydrogen) atoms. The molecule has 0 aromatic heterocycles. The molecule has 0 spiro atoms. The normalized spacial score (nSPS) is 12.2. The lowest BCUT2D eigenvalue weighted by atomic mass is 10.2. The Kier molecular flexibility index (Phi) is 5.75. The van der Waals surface area contributed by atoms with Gasteiger partial charge < -0.3 is 10.6 Å². The molecule has 0 aliphatic rings. The summed E-state index contributed by atoms with van der Waals surface area (Å²) in [7, 11) is 0. The Morgan fingerprint density at radius 1 is 1.29 bits per heavy atom. The number of anilines is 1. The molecule has 1 aromatic rings. The third-order valence-corrected chi connectivity index (χ3v) is 2.81. The summed E-state index contributed by atoms with van der Waals surface area (Å²) < 4.78 is 0. The molecule has 1 rings (SSSR count). The molecule has 1 aromatic carbocycles. The molecule has 0 aliphatic carbocycles. The number of carbonyl (C=O) groups excluding carboxylic acids is 1. The van der Waals surface area contributed by atoms with Gasteiger partial charge in [0.15, 0.2) is 0 Å². The van der Waals surface area contributed by atoms with Gasteiger partial charge in [-0.15, -0.1) is 0 Å². The molecule has 0 saturated carbocycles. The summed E-state index contributed by atoms with van der Waals surface area (Å²) in [5, 5.41) is 6.84. The number of hydrogen-bond acceptors (Lipinski definition) is 2. The van der Waals surface area contributed by atoms with Gasteiger partial charge in [-0.3, -0.25) is 4.79 Å². The van der Waals surface area contributed by atoms with Crippen LogP contribution in [0.15, 0.2) is 18.2 Å². The predicted molar refractivity (Wildman–Crippen MR) is 72.8 cm³/mol. The molecule has 1 amide bonds. The Morgan fingerprint density at radius 2 is 1.88 bits per heavy atom. The van der Waals surface area contributed by atoms with E-state index in [1.807, 2.05) is 6.92 Å². The molecular weight excluding hydrogens is 259 g/mol. The van der Waals surface area contributed by atoms with Crippen LogP contribution in [0.1, 0.15) is 20.3 Å². The summed E-state index contributed by atoms with van der Waals surface area (Å²) in [6.07, 6.45) is 0.982. The van der Waals surface area contributed by atoms with Crippen molar-refractivity contribution in [2.75, 3.05) is 11.9 Å². The Bertz CT molecular complexity index is 376. The minimum Gasteiger partial charge on any atom is -0.325 e. The quantitative estimate of drug-likeness (QED) is 0.865. The molecule has 0 aliphatic heterocycles. The average Bonchev–Trinajstić information content (AvgIpc) is 2.24. The van der Waals surface area contributed by atoms with Crippen molar-refractivity contribution in [1.29, 1.82) is 0 Å². The van der Waals surface area contributed by atoms with Gasteiger partial charge in [-0.1, -0.05) is 30.1 Å². The van der Waals surface area contributed by atoms with Crippen molar-refractivity contribution < 1.29 is 4.79 Å². The van der Waals surface area contributed by atoms with Gasteiger partial charge in [-0.2, -0.15) is 0 Å². The number of rotatable bonds is 5. The van der Waals surface area contributed by atoms with E-state index in [2.05, 4.69) is 17.6 Å². The van der Waals surface area contributed by atoms with Crippen LogP contribution < -0.4 is 10.6 Å². The van der Waals surface area contributed by atoms with Crippen LogP contribution in [0, 0.1) is 0 Å². The van der Waals surface area contributed by atoms with Crippen molar-refractivity contribution in [2.45, 2.75) is 26.3 Å². The minimum absolute atomic E-state index is 0.108. The van der Waals surface area contributed by atoms with E-state index in [0.717, 1.165) is 6.42 Å². The molecule has 0 heterocycles. The highest BCUT2D eigenvalue weighted by atomic mass is 35.5. The number of carbonyl (C=O) groups is 1. The lowest BCUT2D eigenvalue weighted by molar-refractivity contribution is -0.115. The SMILES string of the molecule is CCC(C)NCC(=O)Nc1cc(Cl)cc(Cl)c1. The molecule has 0 bridgehead atoms. The summed E-state index contributed by atoms with van der Waals surface area (Å²) in [4.78, 5) is 11.6. The largest absolute Gasteiger partial charge is 0.325 e. The molecule has 5 heteroatoms. The fraction of sp³-hybridized carbons (Fsp3) is 0.417. The van der Waals surface area contributed by atoms with Crippen molar-refractivity contribution in [2.24, 2.45) is 0 Å². The standard InChI is InChI=1S/C12H16Cl2N2O/c1-3-8(2)15-7-12(17)16-11-5-9(13)4-10(14)6-11/h4-6,8,15H,3,7H2,1-2H3,(H,16,17). The Labute approximate surface area is 111 Å². The van der Waals surface area contributed by atoms with Crippen molar-refractivity contribution in [3.8, 4) is 0 Å².